The number of hydrogen-bond acceptors (Lipinski definition) is 0. The van der Waals surface area contributed by atoms with Crippen molar-refractivity contribution >= 4 is 0 Å². The van der Waals surface area contributed by atoms with Crippen LogP contribution in [0.4, 0.5) is 0 Å². The average Bonchev–Trinajstić information content (AvgIpc) is 3.01. The summed E-state index contributed by atoms with van der Waals surface area (Å²) in [6.07, 6.45) is 13.8. The van der Waals surface area contributed by atoms with Crippen molar-refractivity contribution in [1.82, 2.24) is 0 Å². The third kappa shape index (κ3) is 2.22. The molecule has 0 saturated heterocycles. The fraction of sp³-hybridized carbons (Fsp3) is 1.00. The third-order valence-electron chi connectivity index (χ3n) is 10.0. The summed E-state index contributed by atoms with van der Waals surface area (Å²) in [5, 5.41) is 0. The van der Waals surface area contributed by atoms with E-state index in [1.807, 2.05) is 0 Å². The van der Waals surface area contributed by atoms with Gasteiger partial charge in [0.1, 0.15) is 0 Å². The highest BCUT2D eigenvalue weighted by molar-refractivity contribution is 5.11. The van der Waals surface area contributed by atoms with Gasteiger partial charge in [-0.25, -0.2) is 0 Å². The molecule has 4 fully saturated rings. The van der Waals surface area contributed by atoms with E-state index in [1.54, 1.807) is 32.1 Å². The van der Waals surface area contributed by atoms with Gasteiger partial charge in [-0.3, -0.25) is 0 Å². The maximum atomic E-state index is 2.71. The molecule has 0 heterocycles. The van der Waals surface area contributed by atoms with Gasteiger partial charge in [0.15, 0.2) is 0 Å². The first kappa shape index (κ1) is 16.5. The number of fused-ring (bicyclic) bond motifs is 5. The van der Waals surface area contributed by atoms with Crippen LogP contribution in [0.1, 0.15) is 92.4 Å². The molecule has 9 unspecified atom stereocenters. The highest BCUT2D eigenvalue weighted by Gasteiger charge is 2.62. The predicted octanol–water partition coefficient (Wildman–Crippen LogP) is 6.94. The van der Waals surface area contributed by atoms with Gasteiger partial charge >= 0.3 is 0 Å². The first-order chi connectivity index (χ1) is 10.9. The second-order valence-corrected chi connectivity index (χ2v) is 10.8. The van der Waals surface area contributed by atoms with E-state index < -0.39 is 0 Å². The quantitative estimate of drug-likeness (QED) is 0.517. The van der Waals surface area contributed by atoms with Gasteiger partial charge in [-0.1, -0.05) is 47.5 Å². The van der Waals surface area contributed by atoms with E-state index in [0.29, 0.717) is 10.8 Å². The van der Waals surface area contributed by atoms with Crippen LogP contribution in [-0.2, 0) is 0 Å². The maximum absolute atomic E-state index is 2.71. The fourth-order valence-corrected chi connectivity index (χ4v) is 8.51. The van der Waals surface area contributed by atoms with Crippen molar-refractivity contribution in [2.24, 2.45) is 52.3 Å². The first-order valence-electron chi connectivity index (χ1n) is 10.9. The molecule has 4 aliphatic carbocycles. The Morgan fingerprint density at radius 2 is 1.61 bits per heavy atom. The summed E-state index contributed by atoms with van der Waals surface area (Å²) in [4.78, 5) is 0. The predicted molar refractivity (Wildman–Crippen MR) is 99.2 cm³/mol. The molecule has 0 aromatic heterocycles. The van der Waals surface area contributed by atoms with Gasteiger partial charge in [0, 0.05) is 0 Å². The van der Waals surface area contributed by atoms with E-state index in [4.69, 9.17) is 0 Å². The number of hydrogen-bond donors (Lipinski definition) is 0. The monoisotopic (exact) mass is 316 g/mol. The Kier molecular flexibility index (Phi) is 3.94. The van der Waals surface area contributed by atoms with Crippen LogP contribution in [0.15, 0.2) is 0 Å². The van der Waals surface area contributed by atoms with Gasteiger partial charge < -0.3 is 0 Å². The van der Waals surface area contributed by atoms with Crippen molar-refractivity contribution in [3.05, 3.63) is 0 Å². The van der Waals surface area contributed by atoms with Gasteiger partial charge in [-0.2, -0.15) is 0 Å². The lowest BCUT2D eigenvalue weighted by atomic mass is 9.53. The van der Waals surface area contributed by atoms with Crippen LogP contribution in [-0.4, -0.2) is 0 Å². The summed E-state index contributed by atoms with van der Waals surface area (Å²) in [7, 11) is 0. The minimum absolute atomic E-state index is 0.687. The van der Waals surface area contributed by atoms with Crippen molar-refractivity contribution in [3.63, 3.8) is 0 Å². The van der Waals surface area contributed by atoms with Crippen molar-refractivity contribution in [2.75, 3.05) is 0 Å². The van der Waals surface area contributed by atoms with Crippen LogP contribution >= 0.6 is 0 Å². The summed E-state index contributed by atoms with van der Waals surface area (Å²) in [6, 6.07) is 0. The minimum atomic E-state index is 0.687. The van der Waals surface area contributed by atoms with Crippen LogP contribution in [0, 0.1) is 52.3 Å². The molecule has 0 amide bonds. The van der Waals surface area contributed by atoms with Gasteiger partial charge in [0.05, 0.1) is 0 Å². The summed E-state index contributed by atoms with van der Waals surface area (Å²) in [5.41, 5.74) is 1.40. The van der Waals surface area contributed by atoms with Crippen LogP contribution in [0.25, 0.3) is 0 Å². The van der Waals surface area contributed by atoms with Crippen LogP contribution < -0.4 is 0 Å². The van der Waals surface area contributed by atoms with E-state index >= 15 is 0 Å². The normalized spacial score (nSPS) is 56.7. The maximum Gasteiger partial charge on any atom is -0.0264 e. The molecular formula is C23H40. The Bertz CT molecular complexity index is 453. The number of rotatable bonds is 2. The average molecular weight is 317 g/mol. The van der Waals surface area contributed by atoms with Gasteiger partial charge in [-0.15, -0.1) is 0 Å². The smallest absolute Gasteiger partial charge is 0.0264 e. The molecule has 0 radical (unpaired) electrons. The van der Waals surface area contributed by atoms with Crippen molar-refractivity contribution in [2.45, 2.75) is 92.4 Å². The molecule has 0 N–H and O–H groups in total. The van der Waals surface area contributed by atoms with Crippen LogP contribution in [0.5, 0.6) is 0 Å². The molecule has 4 aliphatic rings. The van der Waals surface area contributed by atoms with E-state index in [2.05, 4.69) is 34.6 Å². The molecule has 4 rings (SSSR count). The van der Waals surface area contributed by atoms with Gasteiger partial charge in [0.2, 0.25) is 0 Å². The fourth-order valence-electron chi connectivity index (χ4n) is 8.51. The van der Waals surface area contributed by atoms with Crippen molar-refractivity contribution in [1.29, 1.82) is 0 Å². The summed E-state index contributed by atoms with van der Waals surface area (Å²) in [6.45, 7) is 12.9. The standard InChI is InChI=1S/C23H40/c1-6-16(3)19-7-8-20-18-14-17-13-15(2)9-11-22(17,4)21(18)10-12-23(19,20)5/h15-21H,6-14H2,1-5H3. The summed E-state index contributed by atoms with van der Waals surface area (Å²) >= 11 is 0. The Morgan fingerprint density at radius 1 is 0.913 bits per heavy atom. The molecule has 0 nitrogen and oxygen atoms in total. The van der Waals surface area contributed by atoms with Crippen LogP contribution in [0.2, 0.25) is 0 Å². The lowest BCUT2D eigenvalue weighted by Gasteiger charge is -2.51. The molecule has 23 heavy (non-hydrogen) atoms. The van der Waals surface area contributed by atoms with Gasteiger partial charge in [0.25, 0.3) is 0 Å². The Labute approximate surface area is 145 Å². The summed E-state index contributed by atoms with van der Waals surface area (Å²) < 4.78 is 0. The van der Waals surface area contributed by atoms with Crippen molar-refractivity contribution < 1.29 is 0 Å². The van der Waals surface area contributed by atoms with E-state index in [0.717, 1.165) is 41.4 Å². The summed E-state index contributed by atoms with van der Waals surface area (Å²) in [5.74, 6) is 7.26. The van der Waals surface area contributed by atoms with Crippen LogP contribution in [0.3, 0.4) is 0 Å². The zero-order valence-corrected chi connectivity index (χ0v) is 16.4. The van der Waals surface area contributed by atoms with E-state index in [-0.39, 0.29) is 0 Å². The molecule has 0 aliphatic heterocycles. The molecule has 0 spiro atoms. The highest BCUT2D eigenvalue weighted by Crippen LogP contribution is 2.70. The first-order valence-corrected chi connectivity index (χ1v) is 10.9. The van der Waals surface area contributed by atoms with Crippen molar-refractivity contribution in [3.8, 4) is 0 Å². The lowest BCUT2D eigenvalue weighted by Crippen LogP contribution is -2.44. The molecule has 132 valence electrons. The molecule has 0 aromatic rings. The molecule has 0 heteroatoms. The SMILES string of the molecule is CCC(C)C1CCC2C3CC4CC(C)CCC4(C)C3CCC12C. The topological polar surface area (TPSA) is 0 Å². The molecule has 4 saturated carbocycles. The second kappa shape index (κ2) is 5.50. The lowest BCUT2D eigenvalue weighted by molar-refractivity contribution is -0.0266. The zero-order chi connectivity index (χ0) is 16.4. The molecule has 0 aromatic carbocycles. The largest absolute Gasteiger partial charge is 0.0651 e. The Hall–Kier alpha value is 0. The Morgan fingerprint density at radius 3 is 2.35 bits per heavy atom. The zero-order valence-electron chi connectivity index (χ0n) is 16.4. The second-order valence-electron chi connectivity index (χ2n) is 10.8. The third-order valence-corrected chi connectivity index (χ3v) is 10.0. The van der Waals surface area contributed by atoms with E-state index in [1.165, 1.54) is 25.7 Å². The molecular weight excluding hydrogens is 276 g/mol. The minimum Gasteiger partial charge on any atom is -0.0651 e. The molecule has 9 atom stereocenters. The van der Waals surface area contributed by atoms with Gasteiger partial charge in [-0.05, 0) is 97.2 Å². The van der Waals surface area contributed by atoms with E-state index in [9.17, 15) is 0 Å². The molecule has 0 bridgehead atoms. The highest BCUT2D eigenvalue weighted by atomic mass is 14.7. The Balaban J connectivity index is 1.60.